The molecule has 12 aromatic carbocycles. The summed E-state index contributed by atoms with van der Waals surface area (Å²) in [5, 5.41) is 6.66. The van der Waals surface area contributed by atoms with Crippen LogP contribution in [0.3, 0.4) is 0 Å². The lowest BCUT2D eigenvalue weighted by Crippen LogP contribution is -2.23. The van der Waals surface area contributed by atoms with Gasteiger partial charge in [0.1, 0.15) is 0 Å². The Labute approximate surface area is 544 Å². The van der Waals surface area contributed by atoms with E-state index in [1.807, 2.05) is 0 Å². The van der Waals surface area contributed by atoms with Crippen LogP contribution in [0, 0.1) is 47.4 Å². The van der Waals surface area contributed by atoms with E-state index in [2.05, 4.69) is 309 Å². The molecule has 0 nitrogen and oxygen atoms in total. The van der Waals surface area contributed by atoms with Crippen molar-refractivity contribution in [3.8, 4) is 91.9 Å². The van der Waals surface area contributed by atoms with Crippen molar-refractivity contribution in [3.63, 3.8) is 0 Å². The average molecular weight is 1180 g/mol. The first-order valence-electron chi connectivity index (χ1n) is 34.0. The van der Waals surface area contributed by atoms with Crippen molar-refractivity contribution in [2.45, 2.75) is 128 Å². The summed E-state index contributed by atoms with van der Waals surface area (Å²) >= 11 is 0. The summed E-state index contributed by atoms with van der Waals surface area (Å²) in [5.41, 5.74) is 29.6. The number of benzene rings is 12. The Morgan fingerprint density at radius 2 is 0.413 bits per heavy atom. The van der Waals surface area contributed by atoms with E-state index in [0.717, 1.165) is 128 Å². The van der Waals surface area contributed by atoms with Gasteiger partial charge in [-0.05, 0) is 233 Å². The molecule has 4 aliphatic rings. The smallest absolute Gasteiger partial charge is 0.0340 e. The third-order valence-corrected chi connectivity index (χ3v) is 23.2. The van der Waals surface area contributed by atoms with Crippen molar-refractivity contribution in [3.05, 3.63) is 295 Å². The summed E-state index contributed by atoms with van der Waals surface area (Å²) in [5.74, 6) is 30.4. The fourth-order valence-corrected chi connectivity index (χ4v) is 18.1. The van der Waals surface area contributed by atoms with Crippen LogP contribution in [0.5, 0.6) is 0 Å². The third-order valence-electron chi connectivity index (χ3n) is 23.2. The van der Waals surface area contributed by atoms with Crippen molar-refractivity contribution in [2.75, 3.05) is 0 Å². The molecule has 0 aliphatic heterocycles. The Bertz CT molecular complexity index is 4690. The quantitative estimate of drug-likeness (QED) is 0.105. The van der Waals surface area contributed by atoms with Crippen LogP contribution in [0.25, 0.3) is 76.8 Å². The van der Waals surface area contributed by atoms with Gasteiger partial charge in [-0.1, -0.05) is 248 Å². The highest BCUT2D eigenvalue weighted by atomic mass is 14.5. The minimum absolute atomic E-state index is 0.0567. The molecule has 0 aromatic heterocycles. The topological polar surface area (TPSA) is 0 Å². The molecule has 92 heavy (non-hydrogen) atoms. The molecule has 442 valence electrons. The Hall–Kier alpha value is -10.1. The van der Waals surface area contributed by atoms with Gasteiger partial charge in [0.15, 0.2) is 0 Å². The Kier molecular flexibility index (Phi) is 13.5. The molecule has 0 bridgehead atoms. The first-order valence-corrected chi connectivity index (χ1v) is 34.0. The lowest BCUT2D eigenvalue weighted by Gasteiger charge is -2.29. The zero-order chi connectivity index (χ0) is 62.7. The van der Waals surface area contributed by atoms with Crippen LogP contribution in [0.1, 0.15) is 196 Å². The highest BCUT2D eigenvalue weighted by Crippen LogP contribution is 2.57. The lowest BCUT2D eigenvalue weighted by atomic mass is 9.73. The first kappa shape index (κ1) is 57.1. The van der Waals surface area contributed by atoms with Gasteiger partial charge in [0.2, 0.25) is 0 Å². The monoisotopic (exact) mass is 1180 g/mol. The zero-order valence-electron chi connectivity index (χ0n) is 54.3. The molecule has 0 amide bonds. The number of fused-ring (bicyclic) bond motifs is 12. The van der Waals surface area contributed by atoms with Crippen LogP contribution in [-0.2, 0) is 21.7 Å². The lowest BCUT2D eigenvalue weighted by molar-refractivity contribution is 0.490. The minimum atomic E-state index is -0.0567. The predicted molar refractivity (Wildman–Crippen MR) is 387 cm³/mol. The molecule has 0 fully saturated rings. The van der Waals surface area contributed by atoms with Crippen LogP contribution >= 0.6 is 0 Å². The van der Waals surface area contributed by atoms with Gasteiger partial charge in [-0.25, -0.2) is 0 Å². The van der Waals surface area contributed by atoms with Gasteiger partial charge in [-0.2, -0.15) is 0 Å². The molecule has 12 aromatic rings. The van der Waals surface area contributed by atoms with E-state index in [4.69, 9.17) is 0 Å². The standard InChI is InChI=1S/C92H74/c1-9-89(10-2)79-29-21-17-25-71(79)75-45-37-59(53-83(75)89)33-41-63-57-64(42-34-60-38-46-76-72-26-18-22-30-80(72)90(11-3,12-4)84(76)54-60)68-51-52-70-66(44-36-62-40-48-78-74-28-20-24-32-82(74)92(15-7,16-8)86(78)56-62)58-65(69-50-49-67(63)87(68)88(69)70)43-35-61-39-47-77-73-27-19-23-31-81(73)91(13-5,14-6)85(77)55-61/h17-32,37-40,45-58H,9-16H2,1-8H3. The molecule has 4 aliphatic carbocycles. The van der Waals surface area contributed by atoms with Gasteiger partial charge in [0, 0.05) is 66.2 Å². The SMILES string of the molecule is CCC1(CC)c2ccccc2-c2ccc(C#Cc3cc(C#Cc4ccc5c(c4)C(CC)(CC)c4ccccc4-5)c4ccc5c(C#Cc6ccc7c(c6)C(CC)(CC)c6ccccc6-7)cc(C#Cc6ccc7c(c6)C(CC)(CC)c6ccccc6-7)c6ccc3c4c65)cc21. The van der Waals surface area contributed by atoms with Crippen molar-refractivity contribution in [1.29, 1.82) is 0 Å². The highest BCUT2D eigenvalue weighted by molar-refractivity contribution is 6.27. The maximum atomic E-state index is 3.83. The molecule has 0 saturated carbocycles. The van der Waals surface area contributed by atoms with E-state index in [-0.39, 0.29) is 21.7 Å². The zero-order valence-corrected chi connectivity index (χ0v) is 54.3. The van der Waals surface area contributed by atoms with Gasteiger partial charge >= 0.3 is 0 Å². The van der Waals surface area contributed by atoms with E-state index in [0.29, 0.717) is 0 Å². The molecule has 0 radical (unpaired) electrons. The van der Waals surface area contributed by atoms with Crippen molar-refractivity contribution >= 4 is 32.3 Å². The Morgan fingerprint density at radius 3 is 0.630 bits per heavy atom. The predicted octanol–water partition coefficient (Wildman–Crippen LogP) is 22.5. The van der Waals surface area contributed by atoms with E-state index in [1.54, 1.807) is 0 Å². The Morgan fingerprint density at radius 1 is 0.207 bits per heavy atom. The number of hydrogen-bond donors (Lipinski definition) is 0. The normalized spacial score (nSPS) is 14.7. The molecule has 0 heterocycles. The van der Waals surface area contributed by atoms with Gasteiger partial charge in [0.05, 0.1) is 0 Å². The second-order valence-electron chi connectivity index (χ2n) is 26.4. The molecule has 0 heteroatoms. The van der Waals surface area contributed by atoms with Crippen LogP contribution in [0.15, 0.2) is 206 Å². The van der Waals surface area contributed by atoms with E-state index in [9.17, 15) is 0 Å². The van der Waals surface area contributed by atoms with E-state index in [1.165, 1.54) is 89.0 Å². The molecular formula is C92H74. The molecular weight excluding hydrogens is 1110 g/mol. The van der Waals surface area contributed by atoms with Crippen LogP contribution in [0.4, 0.5) is 0 Å². The first-order chi connectivity index (χ1) is 45.1. The van der Waals surface area contributed by atoms with Gasteiger partial charge in [-0.15, -0.1) is 0 Å². The fraction of sp³-hybridized carbons (Fsp3) is 0.217. The van der Waals surface area contributed by atoms with E-state index >= 15 is 0 Å². The average Bonchev–Trinajstić information content (AvgIpc) is 1.13. The van der Waals surface area contributed by atoms with Crippen molar-refractivity contribution < 1.29 is 0 Å². The fourth-order valence-electron chi connectivity index (χ4n) is 18.1. The summed E-state index contributed by atoms with van der Waals surface area (Å²) in [4.78, 5) is 0. The molecule has 0 spiro atoms. The summed E-state index contributed by atoms with van der Waals surface area (Å²) in [6, 6.07) is 77.5. The van der Waals surface area contributed by atoms with Gasteiger partial charge < -0.3 is 0 Å². The maximum absolute atomic E-state index is 3.83. The molecule has 0 atom stereocenters. The van der Waals surface area contributed by atoms with Crippen molar-refractivity contribution in [1.82, 2.24) is 0 Å². The molecule has 16 rings (SSSR count). The molecule has 0 unspecified atom stereocenters. The second kappa shape index (κ2) is 21.8. The second-order valence-corrected chi connectivity index (χ2v) is 26.4. The van der Waals surface area contributed by atoms with E-state index < -0.39 is 0 Å². The third kappa shape index (κ3) is 8.10. The molecule has 0 N–H and O–H groups in total. The summed E-state index contributed by atoms with van der Waals surface area (Å²) in [6.45, 7) is 18.7. The number of rotatable bonds is 8. The summed E-state index contributed by atoms with van der Waals surface area (Å²) < 4.78 is 0. The van der Waals surface area contributed by atoms with Crippen LogP contribution in [0.2, 0.25) is 0 Å². The van der Waals surface area contributed by atoms with Crippen LogP contribution in [-0.4, -0.2) is 0 Å². The summed E-state index contributed by atoms with van der Waals surface area (Å²) in [6.07, 6.45) is 8.19. The maximum Gasteiger partial charge on any atom is 0.0340 e. The van der Waals surface area contributed by atoms with Crippen molar-refractivity contribution in [2.24, 2.45) is 0 Å². The van der Waals surface area contributed by atoms with Gasteiger partial charge in [-0.3, -0.25) is 0 Å². The highest BCUT2D eigenvalue weighted by Gasteiger charge is 2.44. The number of hydrogen-bond acceptors (Lipinski definition) is 0. The van der Waals surface area contributed by atoms with Gasteiger partial charge in [0.25, 0.3) is 0 Å². The largest absolute Gasteiger partial charge is 0.0642 e. The minimum Gasteiger partial charge on any atom is -0.0642 e. The summed E-state index contributed by atoms with van der Waals surface area (Å²) in [7, 11) is 0. The Balaban J connectivity index is 0.912. The van der Waals surface area contributed by atoms with Crippen LogP contribution < -0.4 is 0 Å². The molecule has 0 saturated heterocycles.